The van der Waals surface area contributed by atoms with E-state index in [1.165, 1.54) is 12.1 Å². The summed E-state index contributed by atoms with van der Waals surface area (Å²) in [5.41, 5.74) is 6.38. The number of hydrogen-bond donors (Lipinski definition) is 2. The van der Waals surface area contributed by atoms with Crippen molar-refractivity contribution in [1.82, 2.24) is 4.90 Å². The second-order valence-corrected chi connectivity index (χ2v) is 5.12. The van der Waals surface area contributed by atoms with Gasteiger partial charge in [0.15, 0.2) is 0 Å². The highest BCUT2D eigenvalue weighted by molar-refractivity contribution is 6.43. The van der Waals surface area contributed by atoms with Gasteiger partial charge in [-0.05, 0) is 25.0 Å². The molecule has 3 N–H and O–H groups in total. The third-order valence-electron chi connectivity index (χ3n) is 3.15. The number of benzene rings is 1. The molecule has 1 aromatic rings. The van der Waals surface area contributed by atoms with Gasteiger partial charge in [0.1, 0.15) is 0 Å². The molecule has 1 saturated heterocycles. The minimum Gasteiger partial charge on any atom is -0.397 e. The van der Waals surface area contributed by atoms with E-state index in [0.717, 1.165) is 12.8 Å². The number of anilines is 1. The van der Waals surface area contributed by atoms with Crippen molar-refractivity contribution in [3.05, 3.63) is 27.7 Å². The number of aliphatic hydroxyl groups is 1. The molecule has 1 aliphatic heterocycles. The van der Waals surface area contributed by atoms with Crippen LogP contribution in [0.2, 0.25) is 10.0 Å². The second-order valence-electron chi connectivity index (χ2n) is 4.34. The number of nitrogens with two attached hydrogens (primary N) is 1. The summed E-state index contributed by atoms with van der Waals surface area (Å²) in [6.45, 7) is 0.618. The van der Waals surface area contributed by atoms with Crippen molar-refractivity contribution in [3.63, 3.8) is 0 Å². The molecule has 1 aliphatic rings. The van der Waals surface area contributed by atoms with Gasteiger partial charge in [0.05, 0.1) is 28.4 Å². The summed E-state index contributed by atoms with van der Waals surface area (Å²) in [6.07, 6.45) is 1.72. The first-order chi connectivity index (χ1) is 8.54. The van der Waals surface area contributed by atoms with Gasteiger partial charge in [-0.3, -0.25) is 4.79 Å². The van der Waals surface area contributed by atoms with E-state index in [-0.39, 0.29) is 34.3 Å². The number of halogens is 2. The Labute approximate surface area is 115 Å². The van der Waals surface area contributed by atoms with Crippen LogP contribution in [0.5, 0.6) is 0 Å². The van der Waals surface area contributed by atoms with Crippen molar-refractivity contribution in [2.75, 3.05) is 18.9 Å². The largest absolute Gasteiger partial charge is 0.397 e. The topological polar surface area (TPSA) is 66.6 Å². The zero-order chi connectivity index (χ0) is 13.3. The SMILES string of the molecule is Nc1cc(C(=O)N2CCCC2CO)cc(Cl)c1Cl. The zero-order valence-corrected chi connectivity index (χ0v) is 11.2. The lowest BCUT2D eigenvalue weighted by Crippen LogP contribution is -2.37. The number of carbonyl (C=O) groups is 1. The van der Waals surface area contributed by atoms with Gasteiger partial charge in [-0.15, -0.1) is 0 Å². The quantitative estimate of drug-likeness (QED) is 0.820. The highest BCUT2D eigenvalue weighted by Crippen LogP contribution is 2.30. The van der Waals surface area contributed by atoms with Crippen molar-refractivity contribution in [2.24, 2.45) is 0 Å². The lowest BCUT2D eigenvalue weighted by molar-refractivity contribution is 0.0677. The average Bonchev–Trinajstić information content (AvgIpc) is 2.82. The lowest BCUT2D eigenvalue weighted by Gasteiger charge is -2.23. The molecule has 0 radical (unpaired) electrons. The van der Waals surface area contributed by atoms with E-state index in [1.807, 2.05) is 0 Å². The molecule has 0 aliphatic carbocycles. The van der Waals surface area contributed by atoms with Gasteiger partial charge < -0.3 is 15.7 Å². The Morgan fingerprint density at radius 1 is 1.50 bits per heavy atom. The molecule has 0 saturated carbocycles. The van der Waals surface area contributed by atoms with Crippen LogP contribution in [0.15, 0.2) is 12.1 Å². The summed E-state index contributed by atoms with van der Waals surface area (Å²) >= 11 is 11.8. The van der Waals surface area contributed by atoms with E-state index in [0.29, 0.717) is 12.1 Å². The van der Waals surface area contributed by atoms with Crippen molar-refractivity contribution in [3.8, 4) is 0 Å². The maximum absolute atomic E-state index is 12.3. The molecule has 1 heterocycles. The summed E-state index contributed by atoms with van der Waals surface area (Å²) in [7, 11) is 0. The van der Waals surface area contributed by atoms with Crippen LogP contribution in [-0.4, -0.2) is 35.1 Å². The van der Waals surface area contributed by atoms with Gasteiger partial charge >= 0.3 is 0 Å². The maximum atomic E-state index is 12.3. The summed E-state index contributed by atoms with van der Waals surface area (Å²) in [5.74, 6) is -0.170. The molecule has 6 heteroatoms. The highest BCUT2D eigenvalue weighted by Gasteiger charge is 2.29. The summed E-state index contributed by atoms with van der Waals surface area (Å²) in [5, 5.41) is 9.74. The normalized spacial score (nSPS) is 19.3. The van der Waals surface area contributed by atoms with Gasteiger partial charge in [-0.25, -0.2) is 0 Å². The van der Waals surface area contributed by atoms with Gasteiger partial charge in [0, 0.05) is 12.1 Å². The predicted octanol–water partition coefficient (Wildman–Crippen LogP) is 2.17. The Kier molecular flexibility index (Phi) is 4.00. The van der Waals surface area contributed by atoms with Gasteiger partial charge in [0.2, 0.25) is 0 Å². The van der Waals surface area contributed by atoms with Crippen LogP contribution in [0.4, 0.5) is 5.69 Å². The number of carbonyl (C=O) groups excluding carboxylic acids is 1. The van der Waals surface area contributed by atoms with Crippen LogP contribution in [0.1, 0.15) is 23.2 Å². The number of hydrogen-bond acceptors (Lipinski definition) is 3. The Morgan fingerprint density at radius 2 is 2.22 bits per heavy atom. The van der Waals surface area contributed by atoms with Crippen LogP contribution >= 0.6 is 23.2 Å². The molecule has 1 aromatic carbocycles. The van der Waals surface area contributed by atoms with E-state index in [4.69, 9.17) is 28.9 Å². The van der Waals surface area contributed by atoms with Gasteiger partial charge in [-0.2, -0.15) is 0 Å². The second kappa shape index (κ2) is 5.34. The van der Waals surface area contributed by atoms with Crippen LogP contribution in [0.3, 0.4) is 0 Å². The average molecular weight is 289 g/mol. The molecule has 98 valence electrons. The van der Waals surface area contributed by atoms with Crippen molar-refractivity contribution in [2.45, 2.75) is 18.9 Å². The first kappa shape index (κ1) is 13.5. The molecule has 1 atom stereocenters. The van der Waals surface area contributed by atoms with Crippen LogP contribution < -0.4 is 5.73 Å². The Balaban J connectivity index is 2.29. The standard InChI is InChI=1S/C12H14Cl2N2O2/c13-9-4-7(5-10(15)11(9)14)12(18)16-3-1-2-8(16)6-17/h4-5,8,17H,1-3,6,15H2. The van der Waals surface area contributed by atoms with E-state index in [2.05, 4.69) is 0 Å². The van der Waals surface area contributed by atoms with Gasteiger partial charge in [0.25, 0.3) is 5.91 Å². The smallest absolute Gasteiger partial charge is 0.254 e. The van der Waals surface area contributed by atoms with Gasteiger partial charge in [-0.1, -0.05) is 23.2 Å². The number of rotatable bonds is 2. The Bertz CT molecular complexity index is 456. The molecule has 4 nitrogen and oxygen atoms in total. The molecule has 0 bridgehead atoms. The number of aliphatic hydroxyl groups excluding tert-OH is 1. The molecule has 1 fully saturated rings. The molecule has 0 aromatic heterocycles. The first-order valence-corrected chi connectivity index (χ1v) is 6.46. The predicted molar refractivity (Wildman–Crippen MR) is 72.0 cm³/mol. The molecule has 2 rings (SSSR count). The van der Waals surface area contributed by atoms with Crippen LogP contribution in [0, 0.1) is 0 Å². The van der Waals surface area contributed by atoms with Crippen molar-refractivity contribution < 1.29 is 9.90 Å². The summed E-state index contributed by atoms with van der Waals surface area (Å²) in [6, 6.07) is 2.91. The van der Waals surface area contributed by atoms with E-state index < -0.39 is 0 Å². The summed E-state index contributed by atoms with van der Waals surface area (Å²) in [4.78, 5) is 13.9. The van der Waals surface area contributed by atoms with Crippen molar-refractivity contribution in [1.29, 1.82) is 0 Å². The molecular weight excluding hydrogens is 275 g/mol. The van der Waals surface area contributed by atoms with Crippen molar-refractivity contribution >= 4 is 34.8 Å². The summed E-state index contributed by atoms with van der Waals surface area (Å²) < 4.78 is 0. The number of likely N-dealkylation sites (tertiary alicyclic amines) is 1. The van der Waals surface area contributed by atoms with E-state index in [9.17, 15) is 9.90 Å². The lowest BCUT2D eigenvalue weighted by atomic mass is 10.1. The minimum absolute atomic E-state index is 0.0253. The molecular formula is C12H14Cl2N2O2. The van der Waals surface area contributed by atoms with Crippen LogP contribution in [0.25, 0.3) is 0 Å². The number of nitrogens with zero attached hydrogens (tertiary/aromatic N) is 1. The van der Waals surface area contributed by atoms with Crippen LogP contribution in [-0.2, 0) is 0 Å². The fourth-order valence-corrected chi connectivity index (χ4v) is 2.53. The number of amides is 1. The Hall–Kier alpha value is -0.970. The Morgan fingerprint density at radius 3 is 2.83 bits per heavy atom. The molecule has 1 amide bonds. The monoisotopic (exact) mass is 288 g/mol. The van der Waals surface area contributed by atoms with E-state index >= 15 is 0 Å². The first-order valence-electron chi connectivity index (χ1n) is 5.71. The fraction of sp³-hybridized carbons (Fsp3) is 0.417. The molecule has 0 spiro atoms. The zero-order valence-electron chi connectivity index (χ0n) is 9.70. The van der Waals surface area contributed by atoms with E-state index in [1.54, 1.807) is 4.90 Å². The minimum atomic E-state index is -0.170. The third kappa shape index (κ3) is 2.41. The fourth-order valence-electron chi connectivity index (χ4n) is 2.19. The molecule has 18 heavy (non-hydrogen) atoms. The third-order valence-corrected chi connectivity index (χ3v) is 3.97. The number of nitrogen functional groups attached to an aromatic ring is 1. The highest BCUT2D eigenvalue weighted by atomic mass is 35.5. The molecule has 1 unspecified atom stereocenters. The maximum Gasteiger partial charge on any atom is 0.254 e.